The highest BCUT2D eigenvalue weighted by atomic mass is 16.6. The van der Waals surface area contributed by atoms with E-state index in [1.165, 1.54) is 12.3 Å². The average Bonchev–Trinajstić information content (AvgIpc) is 2.95. The molecular formula is C17H20N4O6. The van der Waals surface area contributed by atoms with E-state index in [1.54, 1.807) is 30.3 Å². The zero-order chi connectivity index (χ0) is 19.6. The molecule has 144 valence electrons. The first-order valence-corrected chi connectivity index (χ1v) is 8.25. The van der Waals surface area contributed by atoms with Gasteiger partial charge in [0.1, 0.15) is 18.0 Å². The number of hydrogen-bond acceptors (Lipinski definition) is 8. The first-order chi connectivity index (χ1) is 12.9. The van der Waals surface area contributed by atoms with Crippen molar-refractivity contribution in [3.63, 3.8) is 0 Å². The van der Waals surface area contributed by atoms with Crippen molar-refractivity contribution in [1.29, 1.82) is 0 Å². The van der Waals surface area contributed by atoms with Crippen LogP contribution in [0.4, 0.5) is 5.82 Å². The third-order valence-electron chi connectivity index (χ3n) is 4.32. The van der Waals surface area contributed by atoms with Gasteiger partial charge in [0.15, 0.2) is 12.3 Å². The summed E-state index contributed by atoms with van der Waals surface area (Å²) in [6.45, 7) is -0.369. The van der Waals surface area contributed by atoms with Gasteiger partial charge in [-0.1, -0.05) is 30.3 Å². The Morgan fingerprint density at radius 1 is 1.26 bits per heavy atom. The fourth-order valence-electron chi connectivity index (χ4n) is 2.90. The van der Waals surface area contributed by atoms with Crippen LogP contribution in [0.5, 0.6) is 0 Å². The minimum Gasteiger partial charge on any atom is -0.394 e. The summed E-state index contributed by atoms with van der Waals surface area (Å²) < 4.78 is 6.37. The van der Waals surface area contributed by atoms with Crippen LogP contribution in [0.1, 0.15) is 17.8 Å². The number of benzene rings is 1. The molecule has 0 bridgehead atoms. The average molecular weight is 376 g/mol. The number of nitrogens with zero attached hydrogens (tertiary/aromatic N) is 2. The molecule has 2 aromatic rings. The van der Waals surface area contributed by atoms with Crippen molar-refractivity contribution < 1.29 is 24.9 Å². The molecule has 1 aromatic carbocycles. The molecule has 0 unspecified atom stereocenters. The Labute approximate surface area is 153 Å². The molecule has 1 amide bonds. The Morgan fingerprint density at radius 2 is 1.96 bits per heavy atom. The van der Waals surface area contributed by atoms with E-state index in [0.717, 1.165) is 4.57 Å². The summed E-state index contributed by atoms with van der Waals surface area (Å²) in [4.78, 5) is 28.0. The van der Waals surface area contributed by atoms with Crippen LogP contribution >= 0.6 is 0 Å². The lowest BCUT2D eigenvalue weighted by Gasteiger charge is -2.20. The van der Waals surface area contributed by atoms with Crippen molar-refractivity contribution in [2.45, 2.75) is 30.6 Å². The first kappa shape index (κ1) is 19.0. The molecule has 5 atom stereocenters. The van der Waals surface area contributed by atoms with Gasteiger partial charge in [0.05, 0.1) is 12.6 Å². The Balaban J connectivity index is 1.76. The summed E-state index contributed by atoms with van der Waals surface area (Å²) in [7, 11) is 0. The Kier molecular flexibility index (Phi) is 5.51. The molecule has 0 radical (unpaired) electrons. The monoisotopic (exact) mass is 376 g/mol. The lowest BCUT2D eigenvalue weighted by molar-refractivity contribution is -0.139. The number of carbonyl (C=O) groups is 1. The first-order valence-electron chi connectivity index (χ1n) is 8.25. The highest BCUT2D eigenvalue weighted by molar-refractivity contribution is 5.82. The number of aromatic nitrogens is 2. The maximum Gasteiger partial charge on any atom is 0.351 e. The van der Waals surface area contributed by atoms with E-state index >= 15 is 0 Å². The molecule has 27 heavy (non-hydrogen) atoms. The van der Waals surface area contributed by atoms with Gasteiger partial charge in [-0.05, 0) is 11.6 Å². The molecule has 0 aliphatic carbocycles. The highest BCUT2D eigenvalue weighted by Crippen LogP contribution is 2.29. The molecule has 2 heterocycles. The predicted octanol–water partition coefficient (Wildman–Crippen LogP) is -1.71. The molecule has 3 rings (SSSR count). The second kappa shape index (κ2) is 7.84. The number of nitrogens with two attached hydrogens (primary N) is 1. The fourth-order valence-corrected chi connectivity index (χ4v) is 2.90. The maximum atomic E-state index is 12.5. The predicted molar refractivity (Wildman–Crippen MR) is 93.2 cm³/mol. The molecule has 1 aliphatic rings. The van der Waals surface area contributed by atoms with Crippen LogP contribution in [0, 0.1) is 0 Å². The van der Waals surface area contributed by atoms with Crippen LogP contribution < -0.4 is 16.7 Å². The summed E-state index contributed by atoms with van der Waals surface area (Å²) in [6, 6.07) is 9.37. The Morgan fingerprint density at radius 3 is 2.59 bits per heavy atom. The third-order valence-corrected chi connectivity index (χ3v) is 4.32. The minimum absolute atomic E-state index is 0.00720. The SMILES string of the molecule is Nc1ccn([C@@H]2O[C@H](C(=O)N[C@H](CO)c3ccccc3)[C@@H](O)[C@H]2O)c(=O)n1. The summed E-state index contributed by atoms with van der Waals surface area (Å²) in [6.07, 6.45) is -4.60. The number of ether oxygens (including phenoxy) is 1. The largest absolute Gasteiger partial charge is 0.394 e. The van der Waals surface area contributed by atoms with Gasteiger partial charge in [0.25, 0.3) is 5.91 Å². The van der Waals surface area contributed by atoms with E-state index < -0.39 is 42.2 Å². The summed E-state index contributed by atoms with van der Waals surface area (Å²) >= 11 is 0. The molecule has 1 aliphatic heterocycles. The van der Waals surface area contributed by atoms with Crippen molar-refractivity contribution in [1.82, 2.24) is 14.9 Å². The van der Waals surface area contributed by atoms with Crippen LogP contribution in [0.25, 0.3) is 0 Å². The zero-order valence-electron chi connectivity index (χ0n) is 14.2. The maximum absolute atomic E-state index is 12.5. The quantitative estimate of drug-likeness (QED) is 0.412. The van der Waals surface area contributed by atoms with Gasteiger partial charge in [0, 0.05) is 6.20 Å². The van der Waals surface area contributed by atoms with Gasteiger partial charge < -0.3 is 31.1 Å². The van der Waals surface area contributed by atoms with Crippen LogP contribution in [-0.4, -0.2) is 55.7 Å². The van der Waals surface area contributed by atoms with Crippen LogP contribution in [-0.2, 0) is 9.53 Å². The van der Waals surface area contributed by atoms with E-state index in [9.17, 15) is 24.9 Å². The summed E-state index contributed by atoms with van der Waals surface area (Å²) in [5.41, 5.74) is 5.30. The number of rotatable bonds is 5. The molecule has 0 saturated carbocycles. The van der Waals surface area contributed by atoms with E-state index in [2.05, 4.69) is 10.3 Å². The number of nitrogen functional groups attached to an aromatic ring is 1. The fraction of sp³-hybridized carbons (Fsp3) is 0.353. The van der Waals surface area contributed by atoms with Crippen molar-refractivity contribution in [2.75, 3.05) is 12.3 Å². The molecule has 1 fully saturated rings. The Hall–Kier alpha value is -2.79. The van der Waals surface area contributed by atoms with Crippen LogP contribution in [0.3, 0.4) is 0 Å². The van der Waals surface area contributed by atoms with Crippen molar-refractivity contribution in [3.8, 4) is 0 Å². The number of anilines is 1. The number of hydrogen-bond donors (Lipinski definition) is 5. The topological polar surface area (TPSA) is 160 Å². The standard InChI is InChI=1S/C17H20N4O6/c18-11-6-7-21(17(26)20-11)16-13(24)12(23)14(27-16)15(25)19-10(8-22)9-4-2-1-3-5-9/h1-7,10,12-14,16,22-24H,8H2,(H,19,25)(H2,18,20,26)/t10-,12+,13-,14+,16-/m1/s1. The molecular weight excluding hydrogens is 356 g/mol. The molecule has 1 aromatic heterocycles. The van der Waals surface area contributed by atoms with Gasteiger partial charge in [-0.25, -0.2) is 4.79 Å². The normalized spacial score (nSPS) is 25.9. The number of aliphatic hydroxyl groups is 3. The number of carbonyl (C=O) groups excluding carboxylic acids is 1. The van der Waals surface area contributed by atoms with Crippen molar-refractivity contribution in [2.24, 2.45) is 0 Å². The minimum atomic E-state index is -1.57. The lowest BCUT2D eigenvalue weighted by atomic mass is 10.1. The number of nitrogens with one attached hydrogen (secondary N) is 1. The van der Waals surface area contributed by atoms with E-state index in [-0.39, 0.29) is 12.4 Å². The summed E-state index contributed by atoms with van der Waals surface area (Å²) in [5.74, 6) is -0.740. The number of aliphatic hydroxyl groups excluding tert-OH is 3. The van der Waals surface area contributed by atoms with Gasteiger partial charge >= 0.3 is 5.69 Å². The third kappa shape index (κ3) is 3.83. The molecule has 10 heteroatoms. The van der Waals surface area contributed by atoms with E-state index in [1.807, 2.05) is 0 Å². The Bertz CT molecular complexity index is 858. The highest BCUT2D eigenvalue weighted by Gasteiger charge is 2.48. The van der Waals surface area contributed by atoms with Gasteiger partial charge in [0.2, 0.25) is 0 Å². The van der Waals surface area contributed by atoms with Gasteiger partial charge in [-0.2, -0.15) is 4.98 Å². The zero-order valence-corrected chi connectivity index (χ0v) is 14.2. The smallest absolute Gasteiger partial charge is 0.351 e. The van der Waals surface area contributed by atoms with Crippen LogP contribution in [0.2, 0.25) is 0 Å². The van der Waals surface area contributed by atoms with Crippen molar-refractivity contribution in [3.05, 3.63) is 58.6 Å². The second-order valence-electron chi connectivity index (χ2n) is 6.13. The second-order valence-corrected chi connectivity index (χ2v) is 6.13. The van der Waals surface area contributed by atoms with E-state index in [4.69, 9.17) is 10.5 Å². The summed E-state index contributed by atoms with van der Waals surface area (Å²) in [5, 5.41) is 32.5. The molecule has 10 nitrogen and oxygen atoms in total. The van der Waals surface area contributed by atoms with E-state index in [0.29, 0.717) is 5.56 Å². The van der Waals surface area contributed by atoms with Crippen LogP contribution in [0.15, 0.2) is 47.4 Å². The van der Waals surface area contributed by atoms with Crippen molar-refractivity contribution >= 4 is 11.7 Å². The van der Waals surface area contributed by atoms with Gasteiger partial charge in [-0.3, -0.25) is 9.36 Å². The molecule has 1 saturated heterocycles. The van der Waals surface area contributed by atoms with Gasteiger partial charge in [-0.15, -0.1) is 0 Å². The number of amides is 1. The lowest BCUT2D eigenvalue weighted by Crippen LogP contribution is -2.44. The molecule has 0 spiro atoms. The molecule has 6 N–H and O–H groups in total.